The summed E-state index contributed by atoms with van der Waals surface area (Å²) in [6.07, 6.45) is 0. The number of nitrogens with zero attached hydrogens (tertiary/aromatic N) is 3. The van der Waals surface area contributed by atoms with Crippen molar-refractivity contribution >= 4 is 33.6 Å². The molecule has 1 heterocycles. The zero-order valence-corrected chi connectivity index (χ0v) is 17.6. The molecule has 1 atom stereocenters. The number of amides is 1. The largest absolute Gasteiger partial charge is 0.342 e. The van der Waals surface area contributed by atoms with Crippen LogP contribution in [0.2, 0.25) is 0 Å². The van der Waals surface area contributed by atoms with Gasteiger partial charge in [-0.05, 0) is 25.5 Å². The molecule has 1 N–H and O–H groups in total. The molecule has 0 unspecified atom stereocenters. The molecule has 1 aromatic heterocycles. The van der Waals surface area contributed by atoms with Gasteiger partial charge in [-0.2, -0.15) is 0 Å². The molecule has 3 rings (SSSR count). The Morgan fingerprint density at radius 1 is 1.11 bits per heavy atom. The number of aromatic amines is 1. The van der Waals surface area contributed by atoms with E-state index in [4.69, 9.17) is 0 Å². The van der Waals surface area contributed by atoms with Crippen molar-refractivity contribution in [3.8, 4) is 11.4 Å². The quantitative estimate of drug-likeness (QED) is 0.524. The molecule has 27 heavy (non-hydrogen) atoms. The Hall–Kier alpha value is -2.12. The van der Waals surface area contributed by atoms with Gasteiger partial charge in [0.2, 0.25) is 11.1 Å². The smallest absolute Gasteiger partial charge is 0.240 e. The topological polar surface area (TPSA) is 61.9 Å². The Balaban J connectivity index is 1.89. The van der Waals surface area contributed by atoms with E-state index in [1.54, 1.807) is 0 Å². The third-order valence-corrected chi connectivity index (χ3v) is 6.01. The van der Waals surface area contributed by atoms with E-state index in [9.17, 15) is 4.79 Å². The second-order valence-electron chi connectivity index (χ2n) is 5.87. The van der Waals surface area contributed by atoms with Crippen molar-refractivity contribution in [2.75, 3.05) is 13.1 Å². The summed E-state index contributed by atoms with van der Waals surface area (Å²) in [6, 6.07) is 17.6. The number of aromatic nitrogens is 3. The molecule has 3 aromatic rings. The summed E-state index contributed by atoms with van der Waals surface area (Å²) in [4.78, 5) is 19.5. The maximum atomic E-state index is 13.1. The predicted molar refractivity (Wildman–Crippen MR) is 112 cm³/mol. The van der Waals surface area contributed by atoms with Gasteiger partial charge in [-0.15, -0.1) is 5.10 Å². The van der Waals surface area contributed by atoms with Crippen molar-refractivity contribution in [3.05, 3.63) is 64.6 Å². The van der Waals surface area contributed by atoms with E-state index >= 15 is 0 Å². The lowest BCUT2D eigenvalue weighted by atomic mass is 10.1. The number of hydrogen-bond donors (Lipinski definition) is 1. The van der Waals surface area contributed by atoms with Crippen molar-refractivity contribution in [2.24, 2.45) is 0 Å². The van der Waals surface area contributed by atoms with Gasteiger partial charge in [-0.1, -0.05) is 76.2 Å². The Kier molecular flexibility index (Phi) is 6.68. The van der Waals surface area contributed by atoms with Crippen LogP contribution >= 0.6 is 27.7 Å². The average Bonchev–Trinajstić information content (AvgIpc) is 3.16. The standard InChI is InChI=1S/C20H21BrN4OS/c1-3-25(4-2)19(26)17(14-10-6-5-7-11-14)27-20-22-18(23-24-20)15-12-8-9-13-16(15)21/h5-13,17H,3-4H2,1-2H3,(H,22,23,24)/t17-/m0/s1. The van der Waals surface area contributed by atoms with E-state index in [0.717, 1.165) is 15.6 Å². The summed E-state index contributed by atoms with van der Waals surface area (Å²) in [6.45, 7) is 5.34. The third kappa shape index (κ3) is 4.59. The molecule has 0 saturated carbocycles. The third-order valence-electron chi connectivity index (χ3n) is 4.22. The van der Waals surface area contributed by atoms with Crippen molar-refractivity contribution in [2.45, 2.75) is 24.3 Å². The lowest BCUT2D eigenvalue weighted by Gasteiger charge is -2.24. The number of halogens is 1. The van der Waals surface area contributed by atoms with E-state index in [0.29, 0.717) is 24.1 Å². The average molecular weight is 445 g/mol. The predicted octanol–water partition coefficient (Wildman–Crippen LogP) is 4.94. The summed E-state index contributed by atoms with van der Waals surface area (Å²) >= 11 is 4.91. The zero-order valence-electron chi connectivity index (χ0n) is 15.2. The number of hydrogen-bond acceptors (Lipinski definition) is 4. The molecule has 0 aliphatic heterocycles. The van der Waals surface area contributed by atoms with Crippen molar-refractivity contribution in [1.29, 1.82) is 0 Å². The van der Waals surface area contributed by atoms with E-state index in [-0.39, 0.29) is 11.2 Å². The van der Waals surface area contributed by atoms with Crippen LogP contribution in [0.1, 0.15) is 24.7 Å². The molecule has 1 amide bonds. The fourth-order valence-electron chi connectivity index (χ4n) is 2.77. The number of carbonyl (C=O) groups is 1. The first-order valence-corrected chi connectivity index (χ1v) is 10.5. The van der Waals surface area contributed by atoms with Crippen LogP contribution in [0.25, 0.3) is 11.4 Å². The minimum absolute atomic E-state index is 0.0726. The van der Waals surface area contributed by atoms with Crippen LogP contribution in [-0.2, 0) is 4.79 Å². The van der Waals surface area contributed by atoms with Gasteiger partial charge in [0.1, 0.15) is 5.25 Å². The molecule has 0 fully saturated rings. The first-order chi connectivity index (χ1) is 13.1. The zero-order chi connectivity index (χ0) is 19.2. The van der Waals surface area contributed by atoms with Gasteiger partial charge in [-0.25, -0.2) is 4.98 Å². The Bertz CT molecular complexity index is 896. The Labute approximate surface area is 171 Å². The second-order valence-corrected chi connectivity index (χ2v) is 7.79. The fourth-order valence-corrected chi connectivity index (χ4v) is 4.24. The molecule has 0 aliphatic carbocycles. The monoisotopic (exact) mass is 444 g/mol. The number of nitrogens with one attached hydrogen (secondary N) is 1. The summed E-state index contributed by atoms with van der Waals surface area (Å²) in [5.74, 6) is 0.746. The fraction of sp³-hybridized carbons (Fsp3) is 0.250. The van der Waals surface area contributed by atoms with E-state index in [2.05, 4.69) is 31.1 Å². The van der Waals surface area contributed by atoms with E-state index in [1.165, 1.54) is 11.8 Å². The second kappa shape index (κ2) is 9.19. The van der Waals surface area contributed by atoms with Crippen LogP contribution in [0.15, 0.2) is 64.2 Å². The Morgan fingerprint density at radius 2 is 1.78 bits per heavy atom. The van der Waals surface area contributed by atoms with Crippen molar-refractivity contribution in [3.63, 3.8) is 0 Å². The van der Waals surface area contributed by atoms with Crippen LogP contribution in [-0.4, -0.2) is 39.1 Å². The SMILES string of the molecule is CCN(CC)C(=O)[C@@H](Sc1n[nH]c(-c2ccccc2Br)n1)c1ccccc1. The highest BCUT2D eigenvalue weighted by Crippen LogP contribution is 2.36. The molecule has 0 bridgehead atoms. The molecule has 5 nitrogen and oxygen atoms in total. The van der Waals surface area contributed by atoms with Crippen LogP contribution in [0.5, 0.6) is 0 Å². The minimum atomic E-state index is -0.381. The molecule has 0 saturated heterocycles. The summed E-state index contributed by atoms with van der Waals surface area (Å²) < 4.78 is 0.941. The van der Waals surface area contributed by atoms with E-state index < -0.39 is 0 Å². The number of H-pyrrole nitrogens is 1. The summed E-state index contributed by atoms with van der Waals surface area (Å²) in [5, 5.41) is 7.48. The first kappa shape index (κ1) is 19.6. The van der Waals surface area contributed by atoms with Gasteiger partial charge in [0, 0.05) is 23.1 Å². The maximum Gasteiger partial charge on any atom is 0.240 e. The number of thioether (sulfide) groups is 1. The van der Waals surface area contributed by atoms with E-state index in [1.807, 2.05) is 73.3 Å². The molecule has 0 radical (unpaired) electrons. The van der Waals surface area contributed by atoms with Crippen LogP contribution in [0.4, 0.5) is 0 Å². The Morgan fingerprint density at radius 3 is 2.44 bits per heavy atom. The van der Waals surface area contributed by atoms with Gasteiger partial charge in [0.15, 0.2) is 5.82 Å². The van der Waals surface area contributed by atoms with Crippen molar-refractivity contribution < 1.29 is 4.79 Å². The van der Waals surface area contributed by atoms with Crippen LogP contribution in [0.3, 0.4) is 0 Å². The molecule has 140 valence electrons. The van der Waals surface area contributed by atoms with Gasteiger partial charge >= 0.3 is 0 Å². The molecule has 2 aromatic carbocycles. The highest BCUT2D eigenvalue weighted by atomic mass is 79.9. The van der Waals surface area contributed by atoms with Gasteiger partial charge < -0.3 is 4.90 Å². The molecule has 0 aliphatic rings. The number of likely N-dealkylation sites (N-methyl/N-ethyl adjacent to an activating group) is 1. The lowest BCUT2D eigenvalue weighted by molar-refractivity contribution is -0.130. The summed E-state index contributed by atoms with van der Waals surface area (Å²) in [5.41, 5.74) is 1.88. The number of rotatable bonds is 7. The van der Waals surface area contributed by atoms with Crippen LogP contribution in [0, 0.1) is 0 Å². The molecule has 0 spiro atoms. The minimum Gasteiger partial charge on any atom is -0.342 e. The van der Waals surface area contributed by atoms with Gasteiger partial charge in [-0.3, -0.25) is 9.89 Å². The number of benzene rings is 2. The number of carbonyl (C=O) groups excluding carboxylic acids is 1. The summed E-state index contributed by atoms with van der Waals surface area (Å²) in [7, 11) is 0. The van der Waals surface area contributed by atoms with Crippen LogP contribution < -0.4 is 0 Å². The van der Waals surface area contributed by atoms with Crippen molar-refractivity contribution in [1.82, 2.24) is 20.1 Å². The highest BCUT2D eigenvalue weighted by Gasteiger charge is 2.27. The van der Waals surface area contributed by atoms with Gasteiger partial charge in [0.25, 0.3) is 0 Å². The molecular weight excluding hydrogens is 424 g/mol. The lowest BCUT2D eigenvalue weighted by Crippen LogP contribution is -2.33. The first-order valence-electron chi connectivity index (χ1n) is 8.81. The highest BCUT2D eigenvalue weighted by molar-refractivity contribution is 9.10. The molecular formula is C20H21BrN4OS. The van der Waals surface area contributed by atoms with Gasteiger partial charge in [0.05, 0.1) is 0 Å². The molecule has 7 heteroatoms. The normalized spacial score (nSPS) is 12.0. The maximum absolute atomic E-state index is 13.1.